The number of aryl methyl sites for hydroxylation is 1. The van der Waals surface area contributed by atoms with Gasteiger partial charge in [0.15, 0.2) is 0 Å². The summed E-state index contributed by atoms with van der Waals surface area (Å²) in [5.74, 6) is -1.13. The first-order chi connectivity index (χ1) is 14.1. The lowest BCUT2D eigenvalue weighted by Crippen LogP contribution is -2.39. The van der Waals surface area contributed by atoms with E-state index in [0.717, 1.165) is 41.9 Å². The van der Waals surface area contributed by atoms with E-state index in [0.29, 0.717) is 6.61 Å². The third-order valence-electron chi connectivity index (χ3n) is 4.26. The molecule has 166 valence electrons. The molecular formula is C19H23F3N2O5S. The zero-order valence-corrected chi connectivity index (χ0v) is 17.5. The lowest BCUT2D eigenvalue weighted by molar-refractivity contribution is -0.192. The number of carboxylic acid groups (broad SMARTS) is 1. The molecule has 0 amide bonds. The highest BCUT2D eigenvalue weighted by Gasteiger charge is 2.38. The van der Waals surface area contributed by atoms with Gasteiger partial charge in [-0.2, -0.15) is 13.2 Å². The Labute approximate surface area is 176 Å². The molecule has 7 nitrogen and oxygen atoms in total. The number of hydrogen-bond donors (Lipinski definition) is 1. The second-order valence-electron chi connectivity index (χ2n) is 6.38. The molecule has 2 heterocycles. The lowest BCUT2D eigenvalue weighted by Gasteiger charge is -2.34. The molecule has 1 N–H and O–H groups in total. The third-order valence-corrected chi connectivity index (χ3v) is 5.05. The Morgan fingerprint density at radius 2 is 1.90 bits per heavy atom. The lowest BCUT2D eigenvalue weighted by atomic mass is 10.1. The topological polar surface area (TPSA) is 81.1 Å². The first kappa shape index (κ1) is 23.9. The van der Waals surface area contributed by atoms with Gasteiger partial charge >= 0.3 is 12.1 Å². The van der Waals surface area contributed by atoms with Crippen LogP contribution in [-0.2, 0) is 16.1 Å². The van der Waals surface area contributed by atoms with Gasteiger partial charge in [0.25, 0.3) is 0 Å². The molecule has 3 rings (SSSR count). The second kappa shape index (κ2) is 10.6. The summed E-state index contributed by atoms with van der Waals surface area (Å²) in [5, 5.41) is 10.3. The average molecular weight is 448 g/mol. The van der Waals surface area contributed by atoms with Crippen molar-refractivity contribution in [2.75, 3.05) is 34.0 Å². The molecule has 1 fully saturated rings. The van der Waals surface area contributed by atoms with Gasteiger partial charge in [-0.3, -0.25) is 4.90 Å². The van der Waals surface area contributed by atoms with Crippen molar-refractivity contribution in [1.82, 2.24) is 9.88 Å². The number of morpholine rings is 1. The molecule has 0 radical (unpaired) electrons. The Hall–Kier alpha value is -2.37. The molecule has 1 aliphatic heterocycles. The number of methoxy groups -OCH3 is 2. The van der Waals surface area contributed by atoms with E-state index in [1.165, 1.54) is 5.56 Å². The SMILES string of the molecule is COc1cc(CN2CCOCC2c2csc(C)n2)cc(OC)c1.O=C(O)C(F)(F)F. The first-order valence-corrected chi connectivity index (χ1v) is 9.78. The van der Waals surface area contributed by atoms with E-state index in [-0.39, 0.29) is 6.04 Å². The zero-order valence-electron chi connectivity index (χ0n) is 16.7. The third kappa shape index (κ3) is 6.85. The molecule has 30 heavy (non-hydrogen) atoms. The fraction of sp³-hybridized carbons (Fsp3) is 0.474. The Kier molecular flexibility index (Phi) is 8.44. The first-order valence-electron chi connectivity index (χ1n) is 8.90. The van der Waals surface area contributed by atoms with E-state index in [2.05, 4.69) is 27.4 Å². The van der Waals surface area contributed by atoms with Gasteiger partial charge in [0.1, 0.15) is 11.5 Å². The van der Waals surface area contributed by atoms with E-state index in [4.69, 9.17) is 24.1 Å². The van der Waals surface area contributed by atoms with Gasteiger partial charge in [0.2, 0.25) is 0 Å². The number of nitrogens with zero attached hydrogens (tertiary/aromatic N) is 2. The minimum Gasteiger partial charge on any atom is -0.497 e. The van der Waals surface area contributed by atoms with E-state index in [1.807, 2.05) is 13.0 Å². The summed E-state index contributed by atoms with van der Waals surface area (Å²) in [5.41, 5.74) is 2.27. The predicted molar refractivity (Wildman–Crippen MR) is 104 cm³/mol. The van der Waals surface area contributed by atoms with Gasteiger partial charge in [-0.1, -0.05) is 0 Å². The molecule has 0 aliphatic carbocycles. The summed E-state index contributed by atoms with van der Waals surface area (Å²) in [7, 11) is 3.35. The van der Waals surface area contributed by atoms with Gasteiger partial charge in [-0.25, -0.2) is 9.78 Å². The predicted octanol–water partition coefficient (Wildman–Crippen LogP) is 3.68. The molecule has 11 heteroatoms. The smallest absolute Gasteiger partial charge is 0.490 e. The average Bonchev–Trinajstić information content (AvgIpc) is 3.14. The number of carbonyl (C=O) groups is 1. The number of thiazole rings is 1. The standard InChI is InChI=1S/C17H22N2O3S.C2HF3O2/c1-12-18-16(11-23-12)17-10-22-5-4-19(17)9-13-6-14(20-2)8-15(7-13)21-3;3-2(4,5)1(6)7/h6-8,11,17H,4-5,9-10H2,1-3H3;(H,6,7). The van der Waals surface area contributed by atoms with Crippen LogP contribution >= 0.6 is 11.3 Å². The van der Waals surface area contributed by atoms with Crippen molar-refractivity contribution in [1.29, 1.82) is 0 Å². The maximum atomic E-state index is 10.6. The molecule has 1 aliphatic rings. The summed E-state index contributed by atoms with van der Waals surface area (Å²) in [6, 6.07) is 6.21. The normalized spacial score (nSPS) is 17.1. The maximum absolute atomic E-state index is 10.6. The zero-order chi connectivity index (χ0) is 22.3. The quantitative estimate of drug-likeness (QED) is 0.747. The van der Waals surface area contributed by atoms with Crippen molar-refractivity contribution in [2.45, 2.75) is 25.7 Å². The van der Waals surface area contributed by atoms with Crippen molar-refractivity contribution in [3.05, 3.63) is 39.8 Å². The van der Waals surface area contributed by atoms with Crippen molar-refractivity contribution < 1.29 is 37.3 Å². The number of halogens is 3. The van der Waals surface area contributed by atoms with Crippen LogP contribution in [0.4, 0.5) is 13.2 Å². The van der Waals surface area contributed by atoms with Crippen LogP contribution in [0.3, 0.4) is 0 Å². The monoisotopic (exact) mass is 448 g/mol. The summed E-state index contributed by atoms with van der Waals surface area (Å²) in [4.78, 5) is 15.9. The Morgan fingerprint density at radius 1 is 1.30 bits per heavy atom. The van der Waals surface area contributed by atoms with Crippen LogP contribution in [0, 0.1) is 6.92 Å². The van der Waals surface area contributed by atoms with Crippen molar-refractivity contribution in [3.8, 4) is 11.5 Å². The Bertz CT molecular complexity index is 822. The fourth-order valence-electron chi connectivity index (χ4n) is 2.83. The second-order valence-corrected chi connectivity index (χ2v) is 7.44. The van der Waals surface area contributed by atoms with Crippen LogP contribution in [0.15, 0.2) is 23.6 Å². The van der Waals surface area contributed by atoms with E-state index in [9.17, 15) is 13.2 Å². The van der Waals surface area contributed by atoms with Crippen LogP contribution < -0.4 is 9.47 Å². The van der Waals surface area contributed by atoms with Gasteiger partial charge in [0.05, 0.1) is 44.2 Å². The van der Waals surface area contributed by atoms with Crippen LogP contribution in [0.1, 0.15) is 22.3 Å². The summed E-state index contributed by atoms with van der Waals surface area (Å²) in [6.07, 6.45) is -5.08. The van der Waals surface area contributed by atoms with Crippen molar-refractivity contribution in [3.63, 3.8) is 0 Å². The Balaban J connectivity index is 0.000000396. The molecule has 1 atom stereocenters. The number of aliphatic carboxylic acids is 1. The number of benzene rings is 1. The van der Waals surface area contributed by atoms with E-state index >= 15 is 0 Å². The Morgan fingerprint density at radius 3 is 2.37 bits per heavy atom. The molecule has 1 aromatic carbocycles. The van der Waals surface area contributed by atoms with Gasteiger partial charge in [0, 0.05) is 24.5 Å². The molecule has 0 saturated carbocycles. The number of ether oxygens (including phenoxy) is 3. The molecule has 1 saturated heterocycles. The fourth-order valence-corrected chi connectivity index (χ4v) is 3.48. The maximum Gasteiger partial charge on any atom is 0.490 e. The van der Waals surface area contributed by atoms with Crippen molar-refractivity contribution >= 4 is 17.3 Å². The van der Waals surface area contributed by atoms with Crippen LogP contribution in [0.2, 0.25) is 0 Å². The highest BCUT2D eigenvalue weighted by Crippen LogP contribution is 2.29. The molecule has 0 bridgehead atoms. The minimum absolute atomic E-state index is 0.200. The van der Waals surface area contributed by atoms with Gasteiger partial charge in [-0.05, 0) is 24.6 Å². The molecule has 2 aromatic rings. The largest absolute Gasteiger partial charge is 0.497 e. The van der Waals surface area contributed by atoms with E-state index in [1.54, 1.807) is 25.6 Å². The molecule has 1 unspecified atom stereocenters. The van der Waals surface area contributed by atoms with Crippen LogP contribution in [0.5, 0.6) is 11.5 Å². The summed E-state index contributed by atoms with van der Waals surface area (Å²) in [6.45, 7) is 5.18. The van der Waals surface area contributed by atoms with Gasteiger partial charge < -0.3 is 19.3 Å². The highest BCUT2D eigenvalue weighted by atomic mass is 32.1. The summed E-state index contributed by atoms with van der Waals surface area (Å²) >= 11 is 1.69. The highest BCUT2D eigenvalue weighted by molar-refractivity contribution is 7.09. The van der Waals surface area contributed by atoms with Crippen LogP contribution in [-0.4, -0.2) is 61.1 Å². The number of alkyl halides is 3. The summed E-state index contributed by atoms with van der Waals surface area (Å²) < 4.78 is 48.1. The molecular weight excluding hydrogens is 425 g/mol. The van der Waals surface area contributed by atoms with Gasteiger partial charge in [-0.15, -0.1) is 11.3 Å². The van der Waals surface area contributed by atoms with Crippen LogP contribution in [0.25, 0.3) is 0 Å². The number of carboxylic acids is 1. The minimum atomic E-state index is -5.08. The van der Waals surface area contributed by atoms with E-state index < -0.39 is 12.1 Å². The molecule has 0 spiro atoms. The number of hydrogen-bond acceptors (Lipinski definition) is 7. The van der Waals surface area contributed by atoms with Crippen molar-refractivity contribution in [2.24, 2.45) is 0 Å². The molecule has 1 aromatic heterocycles. The number of aromatic nitrogens is 1. The number of rotatable bonds is 5.